The monoisotopic (exact) mass is 225 g/mol. The highest BCUT2D eigenvalue weighted by Crippen LogP contribution is 2.10. The highest BCUT2D eigenvalue weighted by molar-refractivity contribution is 6.03. The molecule has 0 radical (unpaired) electrons. The fourth-order valence-electron chi connectivity index (χ4n) is 1.58. The van der Waals surface area contributed by atoms with Crippen molar-refractivity contribution in [2.75, 3.05) is 0 Å². The summed E-state index contributed by atoms with van der Waals surface area (Å²) in [7, 11) is 0. The summed E-state index contributed by atoms with van der Waals surface area (Å²) in [5.74, 6) is -0.740. The first-order valence-electron chi connectivity index (χ1n) is 6.04. The van der Waals surface area contributed by atoms with E-state index in [0.717, 1.165) is 18.4 Å². The van der Waals surface area contributed by atoms with Crippen molar-refractivity contribution in [1.82, 2.24) is 0 Å². The molecule has 92 valence electrons. The summed E-state index contributed by atoms with van der Waals surface area (Å²) in [6, 6.07) is 0. The quantitative estimate of drug-likeness (QED) is 0.372. The van der Waals surface area contributed by atoms with Crippen molar-refractivity contribution in [2.45, 2.75) is 58.8 Å². The number of nitrogens with two attached hydrogens (primary N) is 1. The van der Waals surface area contributed by atoms with E-state index in [0.29, 0.717) is 0 Å². The molecule has 0 aromatic carbocycles. The van der Waals surface area contributed by atoms with Gasteiger partial charge in [-0.05, 0) is 25.8 Å². The molecule has 0 rings (SSSR count). The molecule has 0 unspecified atom stereocenters. The van der Waals surface area contributed by atoms with Crippen LogP contribution in [0.5, 0.6) is 0 Å². The van der Waals surface area contributed by atoms with E-state index in [1.54, 1.807) is 6.08 Å². The van der Waals surface area contributed by atoms with E-state index in [2.05, 4.69) is 6.92 Å². The summed E-state index contributed by atoms with van der Waals surface area (Å²) in [4.78, 5) is 21.7. The van der Waals surface area contributed by atoms with Gasteiger partial charge in [0.25, 0.3) is 0 Å². The summed E-state index contributed by atoms with van der Waals surface area (Å²) in [6.07, 6.45) is 8.43. The highest BCUT2D eigenvalue weighted by atomic mass is 16.2. The van der Waals surface area contributed by atoms with E-state index in [1.807, 2.05) is 6.92 Å². The molecule has 3 heteroatoms. The van der Waals surface area contributed by atoms with Crippen LogP contribution in [0.15, 0.2) is 11.6 Å². The Morgan fingerprint density at radius 1 is 1.12 bits per heavy atom. The topological polar surface area (TPSA) is 60.2 Å². The Bertz CT molecular complexity index is 257. The second-order valence-corrected chi connectivity index (χ2v) is 4.26. The van der Waals surface area contributed by atoms with Crippen molar-refractivity contribution in [3.05, 3.63) is 11.6 Å². The average Bonchev–Trinajstić information content (AvgIpc) is 2.15. The lowest BCUT2D eigenvalue weighted by Crippen LogP contribution is -2.14. The number of rotatable bonds is 9. The highest BCUT2D eigenvalue weighted by Gasteiger charge is 2.03. The minimum absolute atomic E-state index is 0.173. The van der Waals surface area contributed by atoms with Crippen LogP contribution in [0, 0.1) is 0 Å². The van der Waals surface area contributed by atoms with E-state index in [4.69, 9.17) is 5.73 Å². The van der Waals surface area contributed by atoms with Gasteiger partial charge in [0.05, 0.1) is 6.42 Å². The zero-order chi connectivity index (χ0) is 12.4. The van der Waals surface area contributed by atoms with Gasteiger partial charge < -0.3 is 5.73 Å². The zero-order valence-electron chi connectivity index (χ0n) is 10.4. The predicted octanol–water partition coefficient (Wildman–Crippen LogP) is 2.74. The van der Waals surface area contributed by atoms with Crippen LogP contribution in [0.1, 0.15) is 58.8 Å². The molecule has 0 bridgehead atoms. The van der Waals surface area contributed by atoms with Gasteiger partial charge in [-0.25, -0.2) is 0 Å². The first kappa shape index (κ1) is 14.9. The predicted molar refractivity (Wildman–Crippen MR) is 66.0 cm³/mol. The van der Waals surface area contributed by atoms with Gasteiger partial charge in [0, 0.05) is 0 Å². The van der Waals surface area contributed by atoms with E-state index in [1.165, 1.54) is 25.7 Å². The normalized spacial score (nSPS) is 11.5. The molecule has 16 heavy (non-hydrogen) atoms. The Kier molecular flexibility index (Phi) is 8.49. The van der Waals surface area contributed by atoms with Gasteiger partial charge in [-0.1, -0.05) is 38.2 Å². The Balaban J connectivity index is 3.70. The van der Waals surface area contributed by atoms with Gasteiger partial charge in [0.1, 0.15) is 0 Å². The van der Waals surface area contributed by atoms with Gasteiger partial charge in [0.15, 0.2) is 5.78 Å². The number of ketones is 1. The Morgan fingerprint density at radius 2 is 1.75 bits per heavy atom. The standard InChI is InChI=1S/C13H23NO2/c1-3-4-5-6-7-8-11(2)9-12(15)10-13(14)16/h9H,3-8,10H2,1-2H3,(H2,14,16)/b11-9+. The van der Waals surface area contributed by atoms with Gasteiger partial charge in [-0.3, -0.25) is 9.59 Å². The van der Waals surface area contributed by atoms with Crippen molar-refractivity contribution >= 4 is 11.7 Å². The molecule has 0 aromatic heterocycles. The maximum atomic E-state index is 11.2. The third-order valence-corrected chi connectivity index (χ3v) is 2.43. The number of hydrogen-bond acceptors (Lipinski definition) is 2. The van der Waals surface area contributed by atoms with Crippen molar-refractivity contribution in [3.63, 3.8) is 0 Å². The van der Waals surface area contributed by atoms with Gasteiger partial charge >= 0.3 is 0 Å². The maximum Gasteiger partial charge on any atom is 0.225 e. The van der Waals surface area contributed by atoms with Crippen LogP contribution >= 0.6 is 0 Å². The maximum absolute atomic E-state index is 11.2. The van der Waals surface area contributed by atoms with Crippen LogP contribution in [0.3, 0.4) is 0 Å². The van der Waals surface area contributed by atoms with Crippen LogP contribution in [-0.2, 0) is 9.59 Å². The van der Waals surface area contributed by atoms with Gasteiger partial charge in [-0.2, -0.15) is 0 Å². The first-order chi connectivity index (χ1) is 7.56. The summed E-state index contributed by atoms with van der Waals surface area (Å²) < 4.78 is 0. The number of primary amides is 1. The largest absolute Gasteiger partial charge is 0.369 e. The van der Waals surface area contributed by atoms with Crippen LogP contribution in [-0.4, -0.2) is 11.7 Å². The van der Waals surface area contributed by atoms with E-state index in [-0.39, 0.29) is 12.2 Å². The molecule has 0 saturated carbocycles. The van der Waals surface area contributed by atoms with Gasteiger partial charge in [-0.15, -0.1) is 0 Å². The first-order valence-corrected chi connectivity index (χ1v) is 6.04. The third-order valence-electron chi connectivity index (χ3n) is 2.43. The summed E-state index contributed by atoms with van der Waals surface area (Å²) in [6.45, 7) is 4.12. The minimum Gasteiger partial charge on any atom is -0.369 e. The third kappa shape index (κ3) is 9.44. The van der Waals surface area contributed by atoms with Crippen LogP contribution in [0.25, 0.3) is 0 Å². The molecule has 0 aliphatic carbocycles. The van der Waals surface area contributed by atoms with E-state index in [9.17, 15) is 9.59 Å². The van der Waals surface area contributed by atoms with Crippen LogP contribution in [0.2, 0.25) is 0 Å². The molecular formula is C13H23NO2. The Morgan fingerprint density at radius 3 is 2.31 bits per heavy atom. The minimum atomic E-state index is -0.558. The SMILES string of the molecule is CCCCCCC/C(C)=C/C(=O)CC(N)=O. The van der Waals surface area contributed by atoms with Gasteiger partial charge in [0.2, 0.25) is 5.91 Å². The number of unbranched alkanes of at least 4 members (excludes halogenated alkanes) is 4. The second kappa shape index (κ2) is 9.13. The van der Waals surface area contributed by atoms with Crippen molar-refractivity contribution in [3.8, 4) is 0 Å². The lowest BCUT2D eigenvalue weighted by atomic mass is 10.1. The molecule has 0 atom stereocenters. The molecule has 1 amide bonds. The lowest BCUT2D eigenvalue weighted by Gasteiger charge is -2.01. The fourth-order valence-corrected chi connectivity index (χ4v) is 1.58. The van der Waals surface area contributed by atoms with Crippen LogP contribution < -0.4 is 5.73 Å². The van der Waals surface area contributed by atoms with E-state index >= 15 is 0 Å². The number of carbonyl (C=O) groups excluding carboxylic acids is 2. The molecule has 0 spiro atoms. The molecule has 0 heterocycles. The number of carbonyl (C=O) groups is 2. The molecule has 0 aliphatic rings. The number of hydrogen-bond donors (Lipinski definition) is 1. The molecule has 0 aromatic rings. The molecule has 2 N–H and O–H groups in total. The number of allylic oxidation sites excluding steroid dienone is 2. The summed E-state index contributed by atoms with van der Waals surface area (Å²) in [5.41, 5.74) is 5.98. The molecule has 0 aliphatic heterocycles. The van der Waals surface area contributed by atoms with Crippen molar-refractivity contribution < 1.29 is 9.59 Å². The number of amides is 1. The Hall–Kier alpha value is -1.12. The summed E-state index contributed by atoms with van der Waals surface area (Å²) >= 11 is 0. The molecule has 0 fully saturated rings. The Labute approximate surface area is 98.1 Å². The van der Waals surface area contributed by atoms with Crippen molar-refractivity contribution in [2.24, 2.45) is 5.73 Å². The molecule has 3 nitrogen and oxygen atoms in total. The van der Waals surface area contributed by atoms with Crippen LogP contribution in [0.4, 0.5) is 0 Å². The van der Waals surface area contributed by atoms with E-state index < -0.39 is 5.91 Å². The molecular weight excluding hydrogens is 202 g/mol. The summed E-state index contributed by atoms with van der Waals surface area (Å²) in [5, 5.41) is 0. The zero-order valence-corrected chi connectivity index (χ0v) is 10.4. The smallest absolute Gasteiger partial charge is 0.225 e. The lowest BCUT2D eigenvalue weighted by molar-refractivity contribution is -0.124. The average molecular weight is 225 g/mol. The molecule has 0 saturated heterocycles. The fraction of sp³-hybridized carbons (Fsp3) is 0.692. The van der Waals surface area contributed by atoms with Crippen molar-refractivity contribution in [1.29, 1.82) is 0 Å². The second-order valence-electron chi connectivity index (χ2n) is 4.26.